The topological polar surface area (TPSA) is 62.3 Å². The maximum absolute atomic E-state index is 13.9. The van der Waals surface area contributed by atoms with Gasteiger partial charge in [0.05, 0.1) is 19.9 Å². The molecule has 1 saturated heterocycles. The molecule has 1 atom stereocenters. The van der Waals surface area contributed by atoms with E-state index in [0.29, 0.717) is 22.9 Å². The Hall–Kier alpha value is -4.00. The van der Waals surface area contributed by atoms with E-state index in [-0.39, 0.29) is 18.4 Å². The van der Waals surface area contributed by atoms with E-state index in [1.54, 1.807) is 30.2 Å². The number of nitrogens with zero attached hydrogens (tertiary/aromatic N) is 3. The van der Waals surface area contributed by atoms with Crippen LogP contribution in [0.5, 0.6) is 11.5 Å². The molecule has 3 aromatic carbocycles. The predicted molar refractivity (Wildman–Crippen MR) is 129 cm³/mol. The molecule has 170 valence electrons. The second-order valence-electron chi connectivity index (χ2n) is 7.95. The van der Waals surface area contributed by atoms with Crippen molar-refractivity contribution in [3.63, 3.8) is 0 Å². The largest absolute Gasteiger partial charge is 0.497 e. The number of anilines is 3. The number of para-hydroxylation sites is 1. The standard InChI is InChI=1S/C26H27N3O4/c1-27(2)19-12-10-18(11-13-19)25-26(31)28(22-15-14-21(32-3)16-23(22)33-4)17-24(30)29(25)20-8-6-5-7-9-20/h5-16,25H,17H2,1-4H3. The summed E-state index contributed by atoms with van der Waals surface area (Å²) in [7, 11) is 7.01. The maximum Gasteiger partial charge on any atom is 0.255 e. The van der Waals surface area contributed by atoms with Gasteiger partial charge in [0.25, 0.3) is 5.91 Å². The number of rotatable bonds is 6. The second kappa shape index (κ2) is 9.24. The summed E-state index contributed by atoms with van der Waals surface area (Å²) in [6.45, 7) is -0.0945. The average molecular weight is 446 g/mol. The molecular formula is C26H27N3O4. The fourth-order valence-electron chi connectivity index (χ4n) is 4.03. The minimum Gasteiger partial charge on any atom is -0.497 e. The number of methoxy groups -OCH3 is 2. The number of hydrogen-bond acceptors (Lipinski definition) is 5. The number of benzene rings is 3. The van der Waals surface area contributed by atoms with Crippen molar-refractivity contribution in [2.75, 3.05) is 49.6 Å². The van der Waals surface area contributed by atoms with Gasteiger partial charge in [-0.1, -0.05) is 30.3 Å². The van der Waals surface area contributed by atoms with Crippen LogP contribution in [0.4, 0.5) is 17.1 Å². The summed E-state index contributed by atoms with van der Waals surface area (Å²) in [5.74, 6) is 0.679. The van der Waals surface area contributed by atoms with Crippen LogP contribution in [0.1, 0.15) is 11.6 Å². The Kier molecular flexibility index (Phi) is 6.22. The number of carbonyl (C=O) groups is 2. The lowest BCUT2D eigenvalue weighted by Gasteiger charge is -2.40. The highest BCUT2D eigenvalue weighted by Gasteiger charge is 2.42. The zero-order valence-electron chi connectivity index (χ0n) is 19.2. The van der Waals surface area contributed by atoms with Gasteiger partial charge in [-0.2, -0.15) is 0 Å². The van der Waals surface area contributed by atoms with Crippen LogP contribution in [0.2, 0.25) is 0 Å². The summed E-state index contributed by atoms with van der Waals surface area (Å²) in [5.41, 5.74) is 2.95. The Morgan fingerprint density at radius 2 is 1.58 bits per heavy atom. The summed E-state index contributed by atoms with van der Waals surface area (Å²) in [4.78, 5) is 32.5. The first-order valence-corrected chi connectivity index (χ1v) is 10.6. The highest BCUT2D eigenvalue weighted by molar-refractivity contribution is 6.15. The zero-order valence-corrected chi connectivity index (χ0v) is 19.2. The Labute approximate surface area is 193 Å². The number of hydrogen-bond donors (Lipinski definition) is 0. The van der Waals surface area contributed by atoms with Crippen LogP contribution >= 0.6 is 0 Å². The normalized spacial score (nSPS) is 16.1. The zero-order chi connectivity index (χ0) is 23.5. The molecule has 0 radical (unpaired) electrons. The minimum atomic E-state index is -0.809. The highest BCUT2D eigenvalue weighted by Crippen LogP contribution is 2.39. The summed E-state index contributed by atoms with van der Waals surface area (Å²) < 4.78 is 10.8. The van der Waals surface area contributed by atoms with Crippen molar-refractivity contribution in [2.24, 2.45) is 0 Å². The molecule has 0 aromatic heterocycles. The number of ether oxygens (including phenoxy) is 2. The van der Waals surface area contributed by atoms with Crippen molar-refractivity contribution in [1.82, 2.24) is 0 Å². The molecule has 0 spiro atoms. The first-order chi connectivity index (χ1) is 15.9. The van der Waals surface area contributed by atoms with Crippen molar-refractivity contribution in [3.8, 4) is 11.5 Å². The van der Waals surface area contributed by atoms with Gasteiger partial charge in [-0.25, -0.2) is 0 Å². The second-order valence-corrected chi connectivity index (χ2v) is 7.95. The quantitative estimate of drug-likeness (QED) is 0.576. The van der Waals surface area contributed by atoms with E-state index in [4.69, 9.17) is 9.47 Å². The van der Waals surface area contributed by atoms with Crippen molar-refractivity contribution in [2.45, 2.75) is 6.04 Å². The van der Waals surface area contributed by atoms with E-state index >= 15 is 0 Å². The van der Waals surface area contributed by atoms with Gasteiger partial charge >= 0.3 is 0 Å². The monoisotopic (exact) mass is 445 g/mol. The van der Waals surface area contributed by atoms with Crippen molar-refractivity contribution in [1.29, 1.82) is 0 Å². The highest BCUT2D eigenvalue weighted by atomic mass is 16.5. The molecule has 0 bridgehead atoms. The molecule has 1 aliphatic rings. The average Bonchev–Trinajstić information content (AvgIpc) is 2.85. The Bertz CT molecular complexity index is 1150. The van der Waals surface area contributed by atoms with Crippen molar-refractivity contribution < 1.29 is 19.1 Å². The molecule has 2 amide bonds. The fraction of sp³-hybridized carbons (Fsp3) is 0.231. The van der Waals surface area contributed by atoms with Crippen molar-refractivity contribution >= 4 is 28.9 Å². The molecule has 0 aliphatic carbocycles. The van der Waals surface area contributed by atoms with Crippen LogP contribution in [0.3, 0.4) is 0 Å². The lowest BCUT2D eigenvalue weighted by atomic mass is 9.99. The van der Waals surface area contributed by atoms with Crippen LogP contribution in [-0.2, 0) is 9.59 Å². The van der Waals surface area contributed by atoms with Crippen LogP contribution in [-0.4, -0.2) is 46.7 Å². The van der Waals surface area contributed by atoms with Gasteiger partial charge in [0.15, 0.2) is 0 Å². The van der Waals surface area contributed by atoms with Crippen LogP contribution < -0.4 is 24.2 Å². The Morgan fingerprint density at radius 3 is 2.18 bits per heavy atom. The van der Waals surface area contributed by atoms with Crippen molar-refractivity contribution in [3.05, 3.63) is 78.4 Å². The Balaban J connectivity index is 1.81. The van der Waals surface area contributed by atoms with Gasteiger partial charge in [0.2, 0.25) is 5.91 Å². The molecule has 1 aliphatic heterocycles. The van der Waals surface area contributed by atoms with Crippen LogP contribution in [0.25, 0.3) is 0 Å². The van der Waals surface area contributed by atoms with E-state index in [1.165, 1.54) is 12.0 Å². The molecule has 3 aromatic rings. The maximum atomic E-state index is 13.9. The summed E-state index contributed by atoms with van der Waals surface area (Å²) in [5, 5.41) is 0. The molecule has 1 fully saturated rings. The van der Waals surface area contributed by atoms with Gasteiger partial charge in [-0.3, -0.25) is 19.4 Å². The number of piperazine rings is 1. The Morgan fingerprint density at radius 1 is 0.879 bits per heavy atom. The number of carbonyl (C=O) groups excluding carboxylic acids is 2. The lowest BCUT2D eigenvalue weighted by molar-refractivity contribution is -0.128. The summed E-state index contributed by atoms with van der Waals surface area (Å²) in [6.07, 6.45) is 0. The van der Waals surface area contributed by atoms with E-state index in [1.807, 2.05) is 73.6 Å². The first kappa shape index (κ1) is 22.2. The minimum absolute atomic E-state index is 0.0945. The van der Waals surface area contributed by atoms with Crippen LogP contribution in [0.15, 0.2) is 72.8 Å². The molecule has 0 N–H and O–H groups in total. The molecule has 7 nitrogen and oxygen atoms in total. The SMILES string of the molecule is COc1ccc(N2CC(=O)N(c3ccccc3)C(c3ccc(N(C)C)cc3)C2=O)c(OC)c1. The van der Waals surface area contributed by atoms with Gasteiger partial charge in [-0.15, -0.1) is 0 Å². The van der Waals surface area contributed by atoms with E-state index in [9.17, 15) is 9.59 Å². The lowest BCUT2D eigenvalue weighted by Crippen LogP contribution is -2.56. The summed E-state index contributed by atoms with van der Waals surface area (Å²) in [6, 6.07) is 21.4. The molecule has 0 saturated carbocycles. The van der Waals surface area contributed by atoms with Crippen LogP contribution in [0, 0.1) is 0 Å². The summed E-state index contributed by atoms with van der Waals surface area (Å²) >= 11 is 0. The first-order valence-electron chi connectivity index (χ1n) is 10.6. The van der Waals surface area contributed by atoms with E-state index < -0.39 is 6.04 Å². The van der Waals surface area contributed by atoms with Gasteiger partial charge < -0.3 is 14.4 Å². The molecule has 1 heterocycles. The third-order valence-corrected chi connectivity index (χ3v) is 5.76. The third-order valence-electron chi connectivity index (χ3n) is 5.76. The molecule has 4 rings (SSSR count). The molecule has 7 heteroatoms. The predicted octanol–water partition coefficient (Wildman–Crippen LogP) is 3.89. The van der Waals surface area contributed by atoms with Gasteiger partial charge in [-0.05, 0) is 42.0 Å². The molecule has 33 heavy (non-hydrogen) atoms. The van der Waals surface area contributed by atoms with E-state index in [0.717, 1.165) is 11.3 Å². The third kappa shape index (κ3) is 4.22. The fourth-order valence-corrected chi connectivity index (χ4v) is 4.03. The number of amides is 2. The molecular weight excluding hydrogens is 418 g/mol. The van der Waals surface area contributed by atoms with Gasteiger partial charge in [0.1, 0.15) is 24.1 Å². The smallest absolute Gasteiger partial charge is 0.255 e. The van der Waals surface area contributed by atoms with Gasteiger partial charge in [0, 0.05) is 31.5 Å². The van der Waals surface area contributed by atoms with E-state index in [2.05, 4.69) is 0 Å². The molecule has 1 unspecified atom stereocenters.